The van der Waals surface area contributed by atoms with Crippen molar-refractivity contribution in [1.82, 2.24) is 25.0 Å². The van der Waals surface area contributed by atoms with E-state index in [-0.39, 0.29) is 0 Å². The Labute approximate surface area is 177 Å². The molecule has 1 aromatic heterocycles. The molecule has 0 saturated carbocycles. The molecule has 7 heteroatoms. The van der Waals surface area contributed by atoms with E-state index in [1.807, 2.05) is 37.4 Å². The van der Waals surface area contributed by atoms with Crippen molar-refractivity contribution in [1.29, 1.82) is 0 Å². The van der Waals surface area contributed by atoms with E-state index in [0.29, 0.717) is 12.5 Å². The first-order chi connectivity index (χ1) is 14.8. The van der Waals surface area contributed by atoms with Crippen LogP contribution >= 0.6 is 0 Å². The molecular formula is C23H28N6O. The lowest BCUT2D eigenvalue weighted by molar-refractivity contribution is 0.0906. The number of hydrogen-bond donors (Lipinski definition) is 1. The fraction of sp³-hybridized carbons (Fsp3) is 0.348. The van der Waals surface area contributed by atoms with Gasteiger partial charge in [-0.3, -0.25) is 4.99 Å². The number of hydrogen-bond acceptors (Lipinski definition) is 4. The van der Waals surface area contributed by atoms with Crippen LogP contribution in [0.2, 0.25) is 0 Å². The van der Waals surface area contributed by atoms with Crippen molar-refractivity contribution in [2.75, 3.05) is 26.7 Å². The van der Waals surface area contributed by atoms with E-state index in [0.717, 1.165) is 44.3 Å². The molecule has 30 heavy (non-hydrogen) atoms. The maximum Gasteiger partial charge on any atom is 0.193 e. The number of benzene rings is 2. The highest BCUT2D eigenvalue weighted by molar-refractivity contribution is 5.80. The number of likely N-dealkylation sites (tertiary alicyclic amines) is 1. The van der Waals surface area contributed by atoms with Crippen molar-refractivity contribution in [3.05, 3.63) is 78.4 Å². The van der Waals surface area contributed by atoms with Crippen molar-refractivity contribution in [2.24, 2.45) is 10.9 Å². The fourth-order valence-corrected chi connectivity index (χ4v) is 3.70. The SMILES string of the molecule is CN=C(NCc1ccc(-n2cncn2)cc1)N1CCC(COCc2ccccc2)C1. The van der Waals surface area contributed by atoms with Gasteiger partial charge in [0.2, 0.25) is 0 Å². The standard InChI is InChI=1S/C23H28N6O/c1-24-23(26-13-19-7-9-22(10-8-19)29-18-25-17-27-29)28-12-11-21(14-28)16-30-15-20-5-3-2-4-6-20/h2-10,17-18,21H,11-16H2,1H3,(H,24,26). The molecule has 2 heterocycles. The number of aromatic nitrogens is 3. The van der Waals surface area contributed by atoms with E-state index in [2.05, 4.69) is 49.6 Å². The van der Waals surface area contributed by atoms with E-state index in [4.69, 9.17) is 4.74 Å². The molecule has 1 saturated heterocycles. The molecule has 0 spiro atoms. The zero-order valence-electron chi connectivity index (χ0n) is 17.3. The van der Waals surface area contributed by atoms with E-state index < -0.39 is 0 Å². The number of nitrogens with zero attached hydrogens (tertiary/aromatic N) is 5. The zero-order chi connectivity index (χ0) is 20.6. The molecule has 0 aliphatic carbocycles. The van der Waals surface area contributed by atoms with Crippen molar-refractivity contribution in [2.45, 2.75) is 19.6 Å². The highest BCUT2D eigenvalue weighted by Crippen LogP contribution is 2.17. The molecule has 1 unspecified atom stereocenters. The van der Waals surface area contributed by atoms with Gasteiger partial charge in [0.15, 0.2) is 5.96 Å². The van der Waals surface area contributed by atoms with E-state index >= 15 is 0 Å². The number of aliphatic imine (C=N–C) groups is 1. The molecule has 0 amide bonds. The van der Waals surface area contributed by atoms with Gasteiger partial charge in [-0.05, 0) is 29.7 Å². The maximum atomic E-state index is 5.94. The zero-order valence-corrected chi connectivity index (χ0v) is 17.3. The Hall–Kier alpha value is -3.19. The monoisotopic (exact) mass is 404 g/mol. The molecule has 1 atom stereocenters. The minimum atomic E-state index is 0.536. The molecule has 7 nitrogen and oxygen atoms in total. The summed E-state index contributed by atoms with van der Waals surface area (Å²) in [5.41, 5.74) is 3.42. The fourth-order valence-electron chi connectivity index (χ4n) is 3.70. The van der Waals surface area contributed by atoms with Crippen LogP contribution in [0.4, 0.5) is 0 Å². The average Bonchev–Trinajstić information content (AvgIpc) is 3.48. The number of ether oxygens (including phenoxy) is 1. The van der Waals surface area contributed by atoms with Crippen LogP contribution in [0.5, 0.6) is 0 Å². The Morgan fingerprint density at radius 3 is 2.70 bits per heavy atom. The second kappa shape index (κ2) is 10.0. The van der Waals surface area contributed by atoms with Gasteiger partial charge in [0.05, 0.1) is 18.9 Å². The summed E-state index contributed by atoms with van der Waals surface area (Å²) in [6, 6.07) is 18.6. The second-order valence-electron chi connectivity index (χ2n) is 7.51. The molecule has 156 valence electrons. The van der Waals surface area contributed by atoms with Gasteiger partial charge in [-0.1, -0.05) is 42.5 Å². The largest absolute Gasteiger partial charge is 0.376 e. The van der Waals surface area contributed by atoms with Gasteiger partial charge < -0.3 is 15.0 Å². The van der Waals surface area contributed by atoms with Crippen molar-refractivity contribution < 1.29 is 4.74 Å². The van der Waals surface area contributed by atoms with Gasteiger partial charge in [-0.15, -0.1) is 0 Å². The lowest BCUT2D eigenvalue weighted by atomic mass is 10.1. The molecule has 1 N–H and O–H groups in total. The summed E-state index contributed by atoms with van der Waals surface area (Å²) in [7, 11) is 1.84. The number of guanidine groups is 1. The first-order valence-corrected chi connectivity index (χ1v) is 10.3. The first kappa shape index (κ1) is 20.1. The summed E-state index contributed by atoms with van der Waals surface area (Å²) in [4.78, 5) is 10.8. The predicted molar refractivity (Wildman–Crippen MR) is 117 cm³/mol. The second-order valence-corrected chi connectivity index (χ2v) is 7.51. The minimum absolute atomic E-state index is 0.536. The topological polar surface area (TPSA) is 67.6 Å². The Morgan fingerprint density at radius 2 is 1.97 bits per heavy atom. The third-order valence-corrected chi connectivity index (χ3v) is 5.33. The van der Waals surface area contributed by atoms with Crippen molar-refractivity contribution in [3.8, 4) is 5.69 Å². The summed E-state index contributed by atoms with van der Waals surface area (Å²) in [6.07, 6.45) is 4.36. The lowest BCUT2D eigenvalue weighted by Gasteiger charge is -2.22. The Kier molecular flexibility index (Phi) is 6.72. The van der Waals surface area contributed by atoms with Crippen molar-refractivity contribution in [3.63, 3.8) is 0 Å². The molecule has 1 fully saturated rings. The van der Waals surface area contributed by atoms with E-state index in [9.17, 15) is 0 Å². The Balaban J connectivity index is 1.22. The van der Waals surface area contributed by atoms with Crippen LogP contribution in [-0.2, 0) is 17.9 Å². The van der Waals surface area contributed by atoms with Crippen LogP contribution in [-0.4, -0.2) is 52.4 Å². The van der Waals surface area contributed by atoms with Crippen LogP contribution in [0.15, 0.2) is 72.2 Å². The molecule has 2 aromatic carbocycles. The van der Waals surface area contributed by atoms with E-state index in [1.165, 1.54) is 17.5 Å². The quantitative estimate of drug-likeness (QED) is 0.484. The summed E-state index contributed by atoms with van der Waals surface area (Å²) < 4.78 is 7.69. The molecular weight excluding hydrogens is 376 g/mol. The van der Waals surface area contributed by atoms with Gasteiger partial charge in [0.25, 0.3) is 0 Å². The number of nitrogens with one attached hydrogen (secondary N) is 1. The maximum absolute atomic E-state index is 5.94. The highest BCUT2D eigenvalue weighted by atomic mass is 16.5. The summed E-state index contributed by atoms with van der Waals surface area (Å²) >= 11 is 0. The van der Waals surface area contributed by atoms with Gasteiger partial charge >= 0.3 is 0 Å². The van der Waals surface area contributed by atoms with Gasteiger partial charge in [0, 0.05) is 32.6 Å². The Morgan fingerprint density at radius 1 is 1.13 bits per heavy atom. The summed E-state index contributed by atoms with van der Waals surface area (Å²) in [5.74, 6) is 1.48. The van der Waals surface area contributed by atoms with Gasteiger partial charge in [0.1, 0.15) is 12.7 Å². The molecule has 1 aliphatic rings. The summed E-state index contributed by atoms with van der Waals surface area (Å²) in [5, 5.41) is 7.64. The van der Waals surface area contributed by atoms with Crippen LogP contribution in [0.3, 0.4) is 0 Å². The van der Waals surface area contributed by atoms with E-state index in [1.54, 1.807) is 11.0 Å². The van der Waals surface area contributed by atoms with Crippen LogP contribution in [0, 0.1) is 5.92 Å². The highest BCUT2D eigenvalue weighted by Gasteiger charge is 2.24. The van der Waals surface area contributed by atoms with Gasteiger partial charge in [-0.25, -0.2) is 9.67 Å². The predicted octanol–water partition coefficient (Wildman–Crippen LogP) is 2.88. The van der Waals surface area contributed by atoms with Crippen LogP contribution in [0.1, 0.15) is 17.5 Å². The van der Waals surface area contributed by atoms with Crippen molar-refractivity contribution >= 4 is 5.96 Å². The summed E-state index contributed by atoms with van der Waals surface area (Å²) in [6.45, 7) is 4.17. The molecule has 4 rings (SSSR count). The smallest absolute Gasteiger partial charge is 0.193 e. The third kappa shape index (κ3) is 5.24. The van der Waals surface area contributed by atoms with Crippen LogP contribution in [0.25, 0.3) is 5.69 Å². The first-order valence-electron chi connectivity index (χ1n) is 10.3. The van der Waals surface area contributed by atoms with Gasteiger partial charge in [-0.2, -0.15) is 5.10 Å². The number of rotatable bonds is 7. The van der Waals surface area contributed by atoms with Crippen LogP contribution < -0.4 is 5.32 Å². The molecule has 3 aromatic rings. The Bertz CT molecular complexity index is 924. The normalized spacial score (nSPS) is 16.8. The third-order valence-electron chi connectivity index (χ3n) is 5.33. The minimum Gasteiger partial charge on any atom is -0.376 e. The molecule has 1 aliphatic heterocycles. The average molecular weight is 405 g/mol. The molecule has 0 bridgehead atoms. The molecule has 0 radical (unpaired) electrons. The lowest BCUT2D eigenvalue weighted by Crippen LogP contribution is -2.39.